The van der Waals surface area contributed by atoms with E-state index in [1.165, 1.54) is 31.2 Å². The van der Waals surface area contributed by atoms with E-state index in [4.69, 9.17) is 0 Å². The fourth-order valence-corrected chi connectivity index (χ4v) is 5.29. The van der Waals surface area contributed by atoms with Gasteiger partial charge in [0, 0.05) is 10.8 Å². The molecule has 0 spiro atoms. The van der Waals surface area contributed by atoms with Crippen LogP contribution in [0.4, 0.5) is 34.1 Å². The highest BCUT2D eigenvalue weighted by Crippen LogP contribution is 2.37. The molecule has 0 aliphatic heterocycles. The summed E-state index contributed by atoms with van der Waals surface area (Å²) >= 11 is 0. The summed E-state index contributed by atoms with van der Waals surface area (Å²) in [6, 6.07) is 34.3. The summed E-state index contributed by atoms with van der Waals surface area (Å²) in [5, 5.41) is 37.8. The number of benzene rings is 5. The molecule has 208 valence electrons. The summed E-state index contributed by atoms with van der Waals surface area (Å²) in [5.41, 5.74) is 5.87. The van der Waals surface area contributed by atoms with Gasteiger partial charge >= 0.3 is 0 Å². The molecule has 5 aromatic carbocycles. The van der Waals surface area contributed by atoms with Gasteiger partial charge in [-0.15, -0.1) is 10.2 Å². The Balaban J connectivity index is 1.12. The lowest BCUT2D eigenvalue weighted by molar-refractivity contribution is 0.348. The Labute approximate surface area is 245 Å². The van der Waals surface area contributed by atoms with Crippen LogP contribution < -0.4 is 0 Å². The third kappa shape index (κ3) is 6.63. The van der Waals surface area contributed by atoms with Crippen molar-refractivity contribution in [2.45, 2.75) is 38.5 Å². The minimum Gasteiger partial charge on any atom is -0.508 e. The SMILES string of the molecule is CC1CCC(c2ccc(N=Nc3ccc(N=Nc4ccc(N=Nc5ccc(O)cc5)c5ccccc45)cc3)cc2)CC1. The van der Waals surface area contributed by atoms with Crippen LogP contribution in [0.5, 0.6) is 5.75 Å². The summed E-state index contributed by atoms with van der Waals surface area (Å²) in [6.07, 6.45) is 5.20. The molecule has 0 heterocycles. The predicted octanol–water partition coefficient (Wildman–Crippen LogP) is 12.1. The Hall–Kier alpha value is -5.04. The largest absolute Gasteiger partial charge is 0.508 e. The summed E-state index contributed by atoms with van der Waals surface area (Å²) in [5.74, 6) is 1.72. The molecule has 7 heteroatoms. The van der Waals surface area contributed by atoms with Gasteiger partial charge in [-0.05, 0) is 103 Å². The van der Waals surface area contributed by atoms with E-state index in [0.29, 0.717) is 11.6 Å². The summed E-state index contributed by atoms with van der Waals surface area (Å²) in [7, 11) is 0. The lowest BCUT2D eigenvalue weighted by Crippen LogP contribution is -2.10. The minimum absolute atomic E-state index is 0.193. The van der Waals surface area contributed by atoms with Crippen molar-refractivity contribution < 1.29 is 5.11 Å². The monoisotopic (exact) mass is 552 g/mol. The molecule has 1 saturated carbocycles. The van der Waals surface area contributed by atoms with E-state index in [1.54, 1.807) is 24.3 Å². The smallest absolute Gasteiger partial charge is 0.115 e. The number of rotatable bonds is 7. The van der Waals surface area contributed by atoms with Gasteiger partial charge in [0.25, 0.3) is 0 Å². The summed E-state index contributed by atoms with van der Waals surface area (Å²) in [4.78, 5) is 0. The van der Waals surface area contributed by atoms with Gasteiger partial charge in [0.1, 0.15) is 5.75 Å². The van der Waals surface area contributed by atoms with Gasteiger partial charge in [-0.1, -0.05) is 56.2 Å². The zero-order valence-corrected chi connectivity index (χ0v) is 23.5. The highest BCUT2D eigenvalue weighted by Gasteiger charge is 2.19. The van der Waals surface area contributed by atoms with Crippen molar-refractivity contribution in [3.05, 3.63) is 115 Å². The highest BCUT2D eigenvalue weighted by molar-refractivity contribution is 5.99. The molecule has 0 aromatic heterocycles. The molecule has 0 saturated heterocycles. The average molecular weight is 553 g/mol. The van der Waals surface area contributed by atoms with E-state index in [-0.39, 0.29) is 5.75 Å². The predicted molar refractivity (Wildman–Crippen MR) is 168 cm³/mol. The van der Waals surface area contributed by atoms with Crippen molar-refractivity contribution in [2.75, 3.05) is 0 Å². The van der Waals surface area contributed by atoms with Crippen LogP contribution in [-0.2, 0) is 0 Å². The van der Waals surface area contributed by atoms with Gasteiger partial charge in [-0.3, -0.25) is 0 Å². The number of hydrogen-bond acceptors (Lipinski definition) is 7. The van der Waals surface area contributed by atoms with E-state index in [9.17, 15) is 5.11 Å². The first kappa shape index (κ1) is 27.1. The Morgan fingerprint density at radius 1 is 0.476 bits per heavy atom. The van der Waals surface area contributed by atoms with Gasteiger partial charge in [0.15, 0.2) is 0 Å². The molecule has 0 radical (unpaired) electrons. The van der Waals surface area contributed by atoms with Crippen LogP contribution >= 0.6 is 0 Å². The summed E-state index contributed by atoms with van der Waals surface area (Å²) < 4.78 is 0. The maximum atomic E-state index is 9.47. The summed E-state index contributed by atoms with van der Waals surface area (Å²) in [6.45, 7) is 2.35. The van der Waals surface area contributed by atoms with Gasteiger partial charge in [-0.25, -0.2) is 0 Å². The topological polar surface area (TPSA) is 94.4 Å². The first-order valence-electron chi connectivity index (χ1n) is 14.4. The number of azo groups is 3. The number of hydrogen-bond donors (Lipinski definition) is 1. The van der Waals surface area contributed by atoms with Crippen molar-refractivity contribution >= 4 is 44.9 Å². The van der Waals surface area contributed by atoms with E-state index < -0.39 is 0 Å². The van der Waals surface area contributed by atoms with Crippen molar-refractivity contribution in [1.29, 1.82) is 0 Å². The van der Waals surface area contributed by atoms with E-state index >= 15 is 0 Å². The molecule has 0 atom stereocenters. The maximum absolute atomic E-state index is 9.47. The number of aromatic hydroxyl groups is 1. The first-order chi connectivity index (χ1) is 20.6. The quantitative estimate of drug-likeness (QED) is 0.200. The zero-order valence-electron chi connectivity index (χ0n) is 23.5. The Kier molecular flexibility index (Phi) is 8.17. The molecule has 1 aliphatic carbocycles. The fraction of sp³-hybridized carbons (Fsp3) is 0.200. The Morgan fingerprint density at radius 2 is 0.881 bits per heavy atom. The molecule has 5 aromatic rings. The molecular weight excluding hydrogens is 520 g/mol. The van der Waals surface area contributed by atoms with Gasteiger partial charge in [0.2, 0.25) is 0 Å². The van der Waals surface area contributed by atoms with E-state index in [0.717, 1.165) is 45.1 Å². The number of fused-ring (bicyclic) bond motifs is 1. The second kappa shape index (κ2) is 12.6. The Bertz CT molecular complexity index is 1730. The van der Waals surface area contributed by atoms with Crippen LogP contribution in [0, 0.1) is 5.92 Å². The lowest BCUT2D eigenvalue weighted by Gasteiger charge is -2.26. The van der Waals surface area contributed by atoms with E-state index in [2.05, 4.69) is 61.9 Å². The fourth-order valence-electron chi connectivity index (χ4n) is 5.29. The maximum Gasteiger partial charge on any atom is 0.115 e. The van der Waals surface area contributed by atoms with Crippen molar-refractivity contribution in [3.8, 4) is 5.75 Å². The molecule has 1 aliphatic rings. The number of phenolic OH excluding ortho intramolecular Hbond substituents is 1. The standard InChI is InChI=1S/C35H32N6O/c1-24-6-8-25(9-7-24)26-10-12-27(13-11-26)36-37-28-14-16-29(17-15-28)38-40-34-22-23-35(33-5-3-2-4-32(33)34)41-39-30-18-20-31(42)21-19-30/h2-5,10-25,42H,6-9H2,1H3. The van der Waals surface area contributed by atoms with Crippen LogP contribution in [0.25, 0.3) is 10.8 Å². The molecule has 1 fully saturated rings. The molecule has 1 N–H and O–H groups in total. The highest BCUT2D eigenvalue weighted by atomic mass is 16.3. The second-order valence-corrected chi connectivity index (χ2v) is 10.8. The molecular formula is C35H32N6O. The average Bonchev–Trinajstić information content (AvgIpc) is 3.04. The normalized spacial score (nSPS) is 17.5. The van der Waals surface area contributed by atoms with Crippen molar-refractivity contribution in [1.82, 2.24) is 0 Å². The van der Waals surface area contributed by atoms with Crippen LogP contribution in [-0.4, -0.2) is 5.11 Å². The molecule has 42 heavy (non-hydrogen) atoms. The minimum atomic E-state index is 0.193. The lowest BCUT2D eigenvalue weighted by atomic mass is 9.79. The molecule has 7 nitrogen and oxygen atoms in total. The van der Waals surface area contributed by atoms with Crippen LogP contribution in [0.2, 0.25) is 0 Å². The molecule has 0 unspecified atom stereocenters. The van der Waals surface area contributed by atoms with Crippen molar-refractivity contribution in [3.63, 3.8) is 0 Å². The molecule has 6 rings (SSSR count). The zero-order chi connectivity index (χ0) is 28.7. The van der Waals surface area contributed by atoms with Crippen molar-refractivity contribution in [2.24, 2.45) is 36.6 Å². The van der Waals surface area contributed by atoms with Gasteiger partial charge < -0.3 is 5.11 Å². The van der Waals surface area contributed by atoms with Crippen LogP contribution in [0.1, 0.15) is 44.1 Å². The third-order valence-corrected chi connectivity index (χ3v) is 7.79. The first-order valence-corrected chi connectivity index (χ1v) is 14.4. The van der Waals surface area contributed by atoms with Gasteiger partial charge in [0.05, 0.1) is 34.1 Å². The van der Waals surface area contributed by atoms with E-state index in [1.807, 2.05) is 60.7 Å². The third-order valence-electron chi connectivity index (χ3n) is 7.79. The van der Waals surface area contributed by atoms with Crippen LogP contribution in [0.15, 0.2) is 140 Å². The number of nitrogens with zero attached hydrogens (tertiary/aromatic N) is 6. The Morgan fingerprint density at radius 3 is 1.36 bits per heavy atom. The van der Waals surface area contributed by atoms with Crippen LogP contribution in [0.3, 0.4) is 0 Å². The molecule has 0 amide bonds. The van der Waals surface area contributed by atoms with Gasteiger partial charge in [-0.2, -0.15) is 20.5 Å². The second-order valence-electron chi connectivity index (χ2n) is 10.8. The molecule has 0 bridgehead atoms. The number of phenols is 1.